The standard InChI is InChI=1S/C14H24N2O2/c1-11(2)6-5-8-15-10-12-14(18-4)13(17-3)7-9-16-12/h7,9,11,15H,5-6,8,10H2,1-4H3. The molecule has 102 valence electrons. The molecule has 1 aromatic rings. The molecule has 0 saturated heterocycles. The zero-order valence-corrected chi connectivity index (χ0v) is 11.8. The van der Waals surface area contributed by atoms with Gasteiger partial charge in [0.25, 0.3) is 0 Å². The molecule has 0 fully saturated rings. The average molecular weight is 252 g/mol. The number of aromatic nitrogens is 1. The highest BCUT2D eigenvalue weighted by molar-refractivity contribution is 5.42. The van der Waals surface area contributed by atoms with Gasteiger partial charge in [0.1, 0.15) is 0 Å². The molecule has 1 heterocycles. The molecule has 0 bridgehead atoms. The third-order valence-corrected chi connectivity index (χ3v) is 2.79. The van der Waals surface area contributed by atoms with E-state index in [1.165, 1.54) is 12.8 Å². The van der Waals surface area contributed by atoms with Crippen molar-refractivity contribution in [3.8, 4) is 11.5 Å². The van der Waals surface area contributed by atoms with Crippen molar-refractivity contribution in [1.82, 2.24) is 10.3 Å². The molecule has 0 aliphatic rings. The fourth-order valence-electron chi connectivity index (χ4n) is 1.82. The van der Waals surface area contributed by atoms with Crippen LogP contribution < -0.4 is 14.8 Å². The van der Waals surface area contributed by atoms with Crippen molar-refractivity contribution in [3.63, 3.8) is 0 Å². The third kappa shape index (κ3) is 4.53. The van der Waals surface area contributed by atoms with E-state index in [0.717, 1.165) is 29.7 Å². The number of methoxy groups -OCH3 is 2. The van der Waals surface area contributed by atoms with E-state index in [0.29, 0.717) is 6.54 Å². The van der Waals surface area contributed by atoms with E-state index in [9.17, 15) is 0 Å². The van der Waals surface area contributed by atoms with Gasteiger partial charge >= 0.3 is 0 Å². The van der Waals surface area contributed by atoms with Crippen molar-refractivity contribution in [2.75, 3.05) is 20.8 Å². The lowest BCUT2D eigenvalue weighted by Gasteiger charge is -2.12. The van der Waals surface area contributed by atoms with Crippen molar-refractivity contribution in [2.45, 2.75) is 33.2 Å². The Morgan fingerprint density at radius 2 is 2.06 bits per heavy atom. The van der Waals surface area contributed by atoms with E-state index < -0.39 is 0 Å². The molecule has 1 aromatic heterocycles. The molecule has 0 aliphatic heterocycles. The number of hydrogen-bond acceptors (Lipinski definition) is 4. The van der Waals surface area contributed by atoms with E-state index in [-0.39, 0.29) is 0 Å². The van der Waals surface area contributed by atoms with Crippen LogP contribution >= 0.6 is 0 Å². The second-order valence-electron chi connectivity index (χ2n) is 4.71. The first-order chi connectivity index (χ1) is 8.69. The van der Waals surface area contributed by atoms with Crippen LogP contribution in [0.4, 0.5) is 0 Å². The zero-order chi connectivity index (χ0) is 13.4. The van der Waals surface area contributed by atoms with Crippen LogP contribution in [0.5, 0.6) is 11.5 Å². The smallest absolute Gasteiger partial charge is 0.183 e. The topological polar surface area (TPSA) is 43.4 Å². The lowest BCUT2D eigenvalue weighted by Crippen LogP contribution is -2.17. The van der Waals surface area contributed by atoms with Crippen molar-refractivity contribution < 1.29 is 9.47 Å². The molecule has 0 aromatic carbocycles. The summed E-state index contributed by atoms with van der Waals surface area (Å²) < 4.78 is 10.6. The normalized spacial score (nSPS) is 10.7. The van der Waals surface area contributed by atoms with E-state index >= 15 is 0 Å². The number of ether oxygens (including phenoxy) is 2. The minimum Gasteiger partial charge on any atom is -0.493 e. The average Bonchev–Trinajstić information content (AvgIpc) is 2.37. The summed E-state index contributed by atoms with van der Waals surface area (Å²) in [5.41, 5.74) is 0.890. The van der Waals surface area contributed by atoms with Gasteiger partial charge in [0.15, 0.2) is 11.5 Å². The van der Waals surface area contributed by atoms with Crippen LogP contribution in [-0.4, -0.2) is 25.7 Å². The van der Waals surface area contributed by atoms with Gasteiger partial charge in [-0.15, -0.1) is 0 Å². The van der Waals surface area contributed by atoms with Crippen LogP contribution in [0, 0.1) is 5.92 Å². The van der Waals surface area contributed by atoms with Crippen LogP contribution in [0.3, 0.4) is 0 Å². The highest BCUT2D eigenvalue weighted by Gasteiger charge is 2.10. The first-order valence-electron chi connectivity index (χ1n) is 6.45. The minimum atomic E-state index is 0.707. The van der Waals surface area contributed by atoms with Crippen molar-refractivity contribution in [3.05, 3.63) is 18.0 Å². The van der Waals surface area contributed by atoms with Gasteiger partial charge in [0.2, 0.25) is 0 Å². The molecular weight excluding hydrogens is 228 g/mol. The molecule has 18 heavy (non-hydrogen) atoms. The van der Waals surface area contributed by atoms with Crippen LogP contribution in [-0.2, 0) is 6.54 Å². The molecule has 0 radical (unpaired) electrons. The molecule has 4 heteroatoms. The summed E-state index contributed by atoms with van der Waals surface area (Å²) in [6, 6.07) is 1.81. The molecule has 0 unspecified atom stereocenters. The highest BCUT2D eigenvalue weighted by atomic mass is 16.5. The summed E-state index contributed by atoms with van der Waals surface area (Å²) in [5, 5.41) is 3.39. The summed E-state index contributed by atoms with van der Waals surface area (Å²) in [7, 11) is 3.28. The van der Waals surface area contributed by atoms with Gasteiger partial charge in [-0.3, -0.25) is 4.98 Å². The number of hydrogen-bond donors (Lipinski definition) is 1. The second kappa shape index (κ2) is 7.93. The molecule has 0 atom stereocenters. The summed E-state index contributed by atoms with van der Waals surface area (Å²) >= 11 is 0. The lowest BCUT2D eigenvalue weighted by molar-refractivity contribution is 0.348. The quantitative estimate of drug-likeness (QED) is 0.722. The molecule has 1 rings (SSSR count). The fourth-order valence-corrected chi connectivity index (χ4v) is 1.82. The van der Waals surface area contributed by atoms with Crippen LogP contribution in [0.2, 0.25) is 0 Å². The Kier molecular flexibility index (Phi) is 6.50. The van der Waals surface area contributed by atoms with Crippen LogP contribution in [0.15, 0.2) is 12.3 Å². The maximum atomic E-state index is 5.34. The first-order valence-corrected chi connectivity index (χ1v) is 6.45. The van der Waals surface area contributed by atoms with Gasteiger partial charge in [0, 0.05) is 18.8 Å². The molecule has 0 aliphatic carbocycles. The minimum absolute atomic E-state index is 0.707. The van der Waals surface area contributed by atoms with E-state index in [4.69, 9.17) is 9.47 Å². The summed E-state index contributed by atoms with van der Waals surface area (Å²) in [5.74, 6) is 2.21. The fraction of sp³-hybridized carbons (Fsp3) is 0.643. The Labute approximate surface area is 110 Å². The Morgan fingerprint density at radius 1 is 1.28 bits per heavy atom. The molecule has 0 spiro atoms. The summed E-state index contributed by atoms with van der Waals surface area (Å²) in [4.78, 5) is 4.32. The summed E-state index contributed by atoms with van der Waals surface area (Å²) in [6.07, 6.45) is 4.17. The Balaban J connectivity index is 2.46. The molecule has 1 N–H and O–H groups in total. The second-order valence-corrected chi connectivity index (χ2v) is 4.71. The van der Waals surface area contributed by atoms with E-state index in [1.54, 1.807) is 26.5 Å². The van der Waals surface area contributed by atoms with Gasteiger partial charge in [-0.25, -0.2) is 0 Å². The predicted octanol–water partition coefficient (Wildman–Crippen LogP) is 2.62. The van der Waals surface area contributed by atoms with Crippen molar-refractivity contribution in [1.29, 1.82) is 0 Å². The third-order valence-electron chi connectivity index (χ3n) is 2.79. The van der Waals surface area contributed by atoms with Gasteiger partial charge in [-0.1, -0.05) is 13.8 Å². The largest absolute Gasteiger partial charge is 0.493 e. The summed E-state index contributed by atoms with van der Waals surface area (Å²) in [6.45, 7) is 6.19. The molecular formula is C14H24N2O2. The molecule has 0 saturated carbocycles. The number of nitrogens with one attached hydrogen (secondary N) is 1. The Bertz CT molecular complexity index is 354. The number of nitrogens with zero attached hydrogens (tertiary/aromatic N) is 1. The monoisotopic (exact) mass is 252 g/mol. The number of pyridine rings is 1. The van der Waals surface area contributed by atoms with E-state index in [2.05, 4.69) is 24.1 Å². The van der Waals surface area contributed by atoms with Gasteiger partial charge in [0.05, 0.1) is 19.9 Å². The number of rotatable bonds is 8. The van der Waals surface area contributed by atoms with Crippen molar-refractivity contribution >= 4 is 0 Å². The van der Waals surface area contributed by atoms with Gasteiger partial charge in [-0.2, -0.15) is 0 Å². The Morgan fingerprint density at radius 3 is 2.67 bits per heavy atom. The van der Waals surface area contributed by atoms with Gasteiger partial charge < -0.3 is 14.8 Å². The maximum Gasteiger partial charge on any atom is 0.183 e. The van der Waals surface area contributed by atoms with E-state index in [1.807, 2.05) is 0 Å². The van der Waals surface area contributed by atoms with Crippen molar-refractivity contribution in [2.24, 2.45) is 5.92 Å². The zero-order valence-electron chi connectivity index (χ0n) is 11.8. The molecule has 4 nitrogen and oxygen atoms in total. The Hall–Kier alpha value is -1.29. The maximum absolute atomic E-state index is 5.34. The SMILES string of the molecule is COc1ccnc(CNCCCC(C)C)c1OC. The first kappa shape index (κ1) is 14.8. The van der Waals surface area contributed by atoms with Crippen LogP contribution in [0.25, 0.3) is 0 Å². The van der Waals surface area contributed by atoms with Crippen LogP contribution in [0.1, 0.15) is 32.4 Å². The van der Waals surface area contributed by atoms with Gasteiger partial charge in [-0.05, 0) is 25.3 Å². The predicted molar refractivity (Wildman–Crippen MR) is 73.1 cm³/mol. The highest BCUT2D eigenvalue weighted by Crippen LogP contribution is 2.28. The molecule has 0 amide bonds. The lowest BCUT2D eigenvalue weighted by atomic mass is 10.1.